The first-order chi connectivity index (χ1) is 6.69. The Bertz CT molecular complexity index is 320. The molecule has 1 radical (unpaired) electrons. The number of rotatable bonds is 4. The molecule has 0 amide bonds. The minimum absolute atomic E-state index is 0.00949. The van der Waals surface area contributed by atoms with Gasteiger partial charge in [0.15, 0.2) is 0 Å². The molecule has 75 valence electrons. The third-order valence-electron chi connectivity index (χ3n) is 1.96. The minimum atomic E-state index is 0.00949. The Morgan fingerprint density at radius 2 is 2.29 bits per heavy atom. The molecule has 1 unspecified atom stereocenters. The van der Waals surface area contributed by atoms with E-state index in [0.29, 0.717) is 11.6 Å². The maximum atomic E-state index is 5.90. The molecular formula is C12H14ClO. The van der Waals surface area contributed by atoms with Crippen LogP contribution in [0.2, 0.25) is 5.02 Å². The molecule has 0 spiro atoms. The third-order valence-corrected chi connectivity index (χ3v) is 2.19. The smallest absolute Gasteiger partial charge is 0.123 e. The summed E-state index contributed by atoms with van der Waals surface area (Å²) < 4.78 is 5.47. The van der Waals surface area contributed by atoms with Gasteiger partial charge in [-0.15, -0.1) is 6.58 Å². The Labute approximate surface area is 90.3 Å². The lowest BCUT2D eigenvalue weighted by atomic mass is 10.0. The van der Waals surface area contributed by atoms with E-state index < -0.39 is 0 Å². The van der Waals surface area contributed by atoms with Crippen LogP contribution in [-0.2, 0) is 0 Å². The van der Waals surface area contributed by atoms with E-state index in [4.69, 9.17) is 16.3 Å². The maximum Gasteiger partial charge on any atom is 0.123 e. The Balaban J connectivity index is 3.08. The molecule has 0 aliphatic carbocycles. The zero-order chi connectivity index (χ0) is 10.6. The van der Waals surface area contributed by atoms with Crippen LogP contribution in [0, 0.1) is 6.92 Å². The summed E-state index contributed by atoms with van der Waals surface area (Å²) in [6.45, 7) is 10.2. The van der Waals surface area contributed by atoms with Crippen molar-refractivity contribution >= 4 is 11.6 Å². The van der Waals surface area contributed by atoms with Gasteiger partial charge in [0.05, 0.1) is 6.61 Å². The number of hydrogen-bond acceptors (Lipinski definition) is 1. The van der Waals surface area contributed by atoms with Crippen LogP contribution in [0.15, 0.2) is 30.9 Å². The molecule has 1 rings (SSSR count). The van der Waals surface area contributed by atoms with Gasteiger partial charge in [-0.25, -0.2) is 0 Å². The molecule has 0 saturated heterocycles. The van der Waals surface area contributed by atoms with Gasteiger partial charge >= 0.3 is 0 Å². The number of benzene rings is 1. The molecule has 1 atom stereocenters. The number of hydrogen-bond donors (Lipinski definition) is 0. The zero-order valence-corrected chi connectivity index (χ0v) is 9.05. The predicted molar refractivity (Wildman–Crippen MR) is 60.9 cm³/mol. The van der Waals surface area contributed by atoms with Gasteiger partial charge in [0, 0.05) is 16.5 Å². The Kier molecular flexibility index (Phi) is 4.02. The lowest BCUT2D eigenvalue weighted by Gasteiger charge is -2.13. The summed E-state index contributed by atoms with van der Waals surface area (Å²) in [6, 6.07) is 5.54. The van der Waals surface area contributed by atoms with Crippen LogP contribution in [0.25, 0.3) is 0 Å². The van der Waals surface area contributed by atoms with E-state index in [-0.39, 0.29) is 5.92 Å². The second-order valence-electron chi connectivity index (χ2n) is 2.96. The normalized spacial score (nSPS) is 12.2. The molecule has 1 aromatic rings. The van der Waals surface area contributed by atoms with Crippen LogP contribution in [0.3, 0.4) is 0 Å². The van der Waals surface area contributed by atoms with E-state index in [1.165, 1.54) is 0 Å². The molecule has 14 heavy (non-hydrogen) atoms. The minimum Gasteiger partial charge on any atom is -0.494 e. The second kappa shape index (κ2) is 5.06. The summed E-state index contributed by atoms with van der Waals surface area (Å²) in [5, 5.41) is 0.693. The molecule has 0 saturated carbocycles. The van der Waals surface area contributed by atoms with E-state index in [1.807, 2.05) is 25.1 Å². The summed E-state index contributed by atoms with van der Waals surface area (Å²) in [7, 11) is 0. The third kappa shape index (κ3) is 2.52. The molecule has 0 heterocycles. The summed E-state index contributed by atoms with van der Waals surface area (Å²) in [6.07, 6.45) is 1.77. The van der Waals surface area contributed by atoms with Crippen LogP contribution < -0.4 is 4.74 Å². The predicted octanol–water partition coefficient (Wildman–Crippen LogP) is 3.84. The van der Waals surface area contributed by atoms with Gasteiger partial charge in [-0.2, -0.15) is 0 Å². The van der Waals surface area contributed by atoms with Crippen molar-refractivity contribution in [3.63, 3.8) is 0 Å². The molecule has 0 aliphatic rings. The highest BCUT2D eigenvalue weighted by atomic mass is 35.5. The van der Waals surface area contributed by atoms with E-state index in [1.54, 1.807) is 6.08 Å². The van der Waals surface area contributed by atoms with Crippen LogP contribution in [0.5, 0.6) is 5.75 Å². The first kappa shape index (κ1) is 11.1. The van der Waals surface area contributed by atoms with Gasteiger partial charge in [0.2, 0.25) is 0 Å². The van der Waals surface area contributed by atoms with Gasteiger partial charge < -0.3 is 4.74 Å². The van der Waals surface area contributed by atoms with Crippen LogP contribution in [0.4, 0.5) is 0 Å². The van der Waals surface area contributed by atoms with E-state index in [2.05, 4.69) is 13.5 Å². The highest BCUT2D eigenvalue weighted by Gasteiger charge is 2.09. The van der Waals surface area contributed by atoms with Crippen LogP contribution in [-0.4, -0.2) is 6.61 Å². The van der Waals surface area contributed by atoms with Crippen molar-refractivity contribution in [3.8, 4) is 5.75 Å². The second-order valence-corrected chi connectivity index (χ2v) is 3.39. The van der Waals surface area contributed by atoms with Crippen LogP contribution >= 0.6 is 11.6 Å². The van der Waals surface area contributed by atoms with Crippen molar-refractivity contribution < 1.29 is 4.74 Å². The van der Waals surface area contributed by atoms with Gasteiger partial charge in [-0.05, 0) is 32.0 Å². The number of halogens is 1. The van der Waals surface area contributed by atoms with Crippen molar-refractivity contribution in [2.75, 3.05) is 6.61 Å². The molecular weight excluding hydrogens is 196 g/mol. The van der Waals surface area contributed by atoms with Crippen molar-refractivity contribution in [1.29, 1.82) is 0 Å². The standard InChI is InChI=1S/C12H14ClO/c1-4-9(3)11-8-10(13)6-7-12(11)14-5-2/h4,6-9H,1,3,5H2,2H3. The van der Waals surface area contributed by atoms with Gasteiger partial charge in [0.1, 0.15) is 5.75 Å². The first-order valence-electron chi connectivity index (χ1n) is 4.57. The molecule has 1 nitrogen and oxygen atoms in total. The summed E-state index contributed by atoms with van der Waals surface area (Å²) in [5.74, 6) is 0.840. The van der Waals surface area contributed by atoms with E-state index >= 15 is 0 Å². The topological polar surface area (TPSA) is 9.23 Å². The zero-order valence-electron chi connectivity index (χ0n) is 8.29. The van der Waals surface area contributed by atoms with Gasteiger partial charge in [-0.3, -0.25) is 0 Å². The summed E-state index contributed by atoms with van der Waals surface area (Å²) in [4.78, 5) is 0. The quantitative estimate of drug-likeness (QED) is 0.685. The Morgan fingerprint density at radius 1 is 1.57 bits per heavy atom. The molecule has 0 aliphatic heterocycles. The monoisotopic (exact) mass is 209 g/mol. The van der Waals surface area contributed by atoms with Gasteiger partial charge in [-0.1, -0.05) is 17.7 Å². The first-order valence-corrected chi connectivity index (χ1v) is 4.94. The fourth-order valence-corrected chi connectivity index (χ4v) is 1.40. The van der Waals surface area contributed by atoms with E-state index in [9.17, 15) is 0 Å². The fourth-order valence-electron chi connectivity index (χ4n) is 1.22. The van der Waals surface area contributed by atoms with Gasteiger partial charge in [0.25, 0.3) is 0 Å². The van der Waals surface area contributed by atoms with Crippen molar-refractivity contribution in [3.05, 3.63) is 48.4 Å². The van der Waals surface area contributed by atoms with Crippen LogP contribution in [0.1, 0.15) is 18.4 Å². The molecule has 0 bridgehead atoms. The molecule has 0 N–H and O–H groups in total. The van der Waals surface area contributed by atoms with Crippen molar-refractivity contribution in [1.82, 2.24) is 0 Å². The average Bonchev–Trinajstić information content (AvgIpc) is 2.20. The van der Waals surface area contributed by atoms with E-state index in [0.717, 1.165) is 11.3 Å². The van der Waals surface area contributed by atoms with Crippen molar-refractivity contribution in [2.24, 2.45) is 0 Å². The molecule has 0 aromatic heterocycles. The molecule has 1 aromatic carbocycles. The number of ether oxygens (including phenoxy) is 1. The highest BCUT2D eigenvalue weighted by Crippen LogP contribution is 2.29. The average molecular weight is 210 g/mol. The lowest BCUT2D eigenvalue weighted by Crippen LogP contribution is -1.98. The highest BCUT2D eigenvalue weighted by molar-refractivity contribution is 6.30. The SMILES string of the molecule is [CH2]C(C=C)c1cc(Cl)ccc1OCC. The fraction of sp³-hybridized carbons (Fsp3) is 0.250. The molecule has 2 heteroatoms. The lowest BCUT2D eigenvalue weighted by molar-refractivity contribution is 0.336. The molecule has 0 fully saturated rings. The summed E-state index contributed by atoms with van der Waals surface area (Å²) >= 11 is 5.90. The summed E-state index contributed by atoms with van der Waals surface area (Å²) in [5.41, 5.74) is 0.981. The largest absolute Gasteiger partial charge is 0.494 e. The van der Waals surface area contributed by atoms with Crippen molar-refractivity contribution in [2.45, 2.75) is 12.8 Å². The number of allylic oxidation sites excluding steroid dienone is 1. The Hall–Kier alpha value is -0.950. The maximum absolute atomic E-state index is 5.90. The Morgan fingerprint density at radius 3 is 2.86 bits per heavy atom.